The fourth-order valence-corrected chi connectivity index (χ4v) is 2.17. The number of benzene rings is 1. The highest BCUT2D eigenvalue weighted by Gasteiger charge is 2.13. The van der Waals surface area contributed by atoms with Gasteiger partial charge in [0.05, 0.1) is 25.9 Å². The second-order valence-electron chi connectivity index (χ2n) is 5.01. The first-order valence-electron chi connectivity index (χ1n) is 7.15. The monoisotopic (exact) mass is 338 g/mol. The van der Waals surface area contributed by atoms with Crippen molar-refractivity contribution in [2.24, 2.45) is 0 Å². The number of aryl methyl sites for hydroxylation is 1. The van der Waals surface area contributed by atoms with E-state index in [1.807, 2.05) is 6.92 Å². The Hall–Kier alpha value is -2.12. The highest BCUT2D eigenvalue weighted by atomic mass is 35.5. The molecule has 0 unspecified atom stereocenters. The van der Waals surface area contributed by atoms with Gasteiger partial charge >= 0.3 is 0 Å². The topological polar surface area (TPSA) is 80.5 Å². The summed E-state index contributed by atoms with van der Waals surface area (Å²) in [7, 11) is 3.33. The molecule has 0 aliphatic heterocycles. The lowest BCUT2D eigenvalue weighted by atomic mass is 10.3. The van der Waals surface area contributed by atoms with Crippen molar-refractivity contribution >= 4 is 23.2 Å². The Morgan fingerprint density at radius 2 is 2.13 bits per heavy atom. The first-order valence-corrected chi connectivity index (χ1v) is 7.52. The number of rotatable bonds is 7. The average Bonchev–Trinajstić information content (AvgIpc) is 2.94. The van der Waals surface area contributed by atoms with Gasteiger partial charge in [0.2, 0.25) is 17.7 Å². The van der Waals surface area contributed by atoms with Crippen molar-refractivity contribution in [3.63, 3.8) is 0 Å². The van der Waals surface area contributed by atoms with E-state index in [0.29, 0.717) is 41.2 Å². The van der Waals surface area contributed by atoms with E-state index in [1.54, 1.807) is 30.1 Å². The van der Waals surface area contributed by atoms with Crippen molar-refractivity contribution in [1.82, 2.24) is 15.1 Å². The van der Waals surface area contributed by atoms with Gasteiger partial charge in [-0.15, -0.1) is 10.2 Å². The minimum absolute atomic E-state index is 0.166. The van der Waals surface area contributed by atoms with Gasteiger partial charge in [0.25, 0.3) is 0 Å². The lowest BCUT2D eigenvalue weighted by Gasteiger charge is -2.15. The minimum atomic E-state index is -0.191. The number of methoxy groups -OCH3 is 1. The molecule has 2 aromatic rings. The van der Waals surface area contributed by atoms with Crippen LogP contribution in [0.2, 0.25) is 5.02 Å². The maximum absolute atomic E-state index is 12.1. The number of nitrogens with one attached hydrogen (secondary N) is 1. The number of aromatic nitrogens is 2. The van der Waals surface area contributed by atoms with Gasteiger partial charge in [-0.3, -0.25) is 9.69 Å². The lowest BCUT2D eigenvalue weighted by molar-refractivity contribution is -0.117. The van der Waals surface area contributed by atoms with Crippen LogP contribution in [0.1, 0.15) is 18.7 Å². The van der Waals surface area contributed by atoms with Crippen LogP contribution in [0.15, 0.2) is 22.6 Å². The van der Waals surface area contributed by atoms with E-state index in [9.17, 15) is 4.79 Å². The van der Waals surface area contributed by atoms with Gasteiger partial charge in [-0.1, -0.05) is 18.5 Å². The molecule has 0 radical (unpaired) electrons. The zero-order valence-corrected chi connectivity index (χ0v) is 14.1. The van der Waals surface area contributed by atoms with Crippen LogP contribution in [0, 0.1) is 0 Å². The van der Waals surface area contributed by atoms with Gasteiger partial charge < -0.3 is 14.5 Å². The molecule has 0 saturated carbocycles. The number of nitrogens with zero attached hydrogens (tertiary/aromatic N) is 3. The Morgan fingerprint density at radius 3 is 2.78 bits per heavy atom. The largest absolute Gasteiger partial charge is 0.495 e. The van der Waals surface area contributed by atoms with Crippen molar-refractivity contribution < 1.29 is 13.9 Å². The summed E-state index contributed by atoms with van der Waals surface area (Å²) in [5.41, 5.74) is 0.532. The number of likely N-dealkylation sites (N-methyl/N-ethyl adjacent to an activating group) is 1. The number of halogens is 1. The third kappa shape index (κ3) is 4.94. The highest BCUT2D eigenvalue weighted by Crippen LogP contribution is 2.27. The van der Waals surface area contributed by atoms with Gasteiger partial charge in [-0.05, 0) is 25.2 Å². The van der Waals surface area contributed by atoms with E-state index in [1.165, 1.54) is 7.11 Å². The number of ether oxygens (including phenoxy) is 1. The van der Waals surface area contributed by atoms with Gasteiger partial charge in [0.15, 0.2) is 0 Å². The summed E-state index contributed by atoms with van der Waals surface area (Å²) in [5.74, 6) is 1.43. The van der Waals surface area contributed by atoms with E-state index in [4.69, 9.17) is 20.8 Å². The van der Waals surface area contributed by atoms with E-state index in [2.05, 4.69) is 15.5 Å². The van der Waals surface area contributed by atoms with Crippen molar-refractivity contribution in [3.05, 3.63) is 35.0 Å². The van der Waals surface area contributed by atoms with E-state index in [-0.39, 0.29) is 12.5 Å². The summed E-state index contributed by atoms with van der Waals surface area (Å²) in [6.07, 6.45) is 0.686. The quantitative estimate of drug-likeness (QED) is 0.834. The molecule has 124 valence electrons. The standard InChI is InChI=1S/C15H19ClN4O3/c1-4-14-18-19-15(23-14)9-20(2)8-13(21)17-11-7-10(16)5-6-12(11)22-3/h5-7H,4,8-9H2,1-3H3,(H,17,21). The number of carbonyl (C=O) groups is 1. The molecule has 0 fully saturated rings. The van der Waals surface area contributed by atoms with Gasteiger partial charge in [0, 0.05) is 11.4 Å². The average molecular weight is 339 g/mol. The SMILES string of the molecule is CCc1nnc(CN(C)CC(=O)Nc2cc(Cl)ccc2OC)o1. The molecule has 1 amide bonds. The molecular weight excluding hydrogens is 320 g/mol. The van der Waals surface area contributed by atoms with Crippen LogP contribution in [0.3, 0.4) is 0 Å². The van der Waals surface area contributed by atoms with E-state index >= 15 is 0 Å². The zero-order chi connectivity index (χ0) is 16.8. The second-order valence-corrected chi connectivity index (χ2v) is 5.44. The molecule has 0 aliphatic rings. The molecule has 1 heterocycles. The third-order valence-electron chi connectivity index (χ3n) is 3.07. The van der Waals surface area contributed by atoms with Crippen molar-refractivity contribution in [2.45, 2.75) is 19.9 Å². The number of anilines is 1. The summed E-state index contributed by atoms with van der Waals surface area (Å²) in [6, 6.07) is 5.04. The Kier molecular flexibility index (Phi) is 5.95. The summed E-state index contributed by atoms with van der Waals surface area (Å²) in [5, 5.41) is 11.1. The molecule has 2 rings (SSSR count). The Morgan fingerprint density at radius 1 is 1.39 bits per heavy atom. The molecule has 8 heteroatoms. The second kappa shape index (κ2) is 7.94. The summed E-state index contributed by atoms with van der Waals surface area (Å²) < 4.78 is 10.6. The predicted octanol–water partition coefficient (Wildman–Crippen LogP) is 2.36. The third-order valence-corrected chi connectivity index (χ3v) is 3.30. The van der Waals surface area contributed by atoms with Crippen LogP contribution in [0.5, 0.6) is 5.75 Å². The Bertz CT molecular complexity index is 674. The lowest BCUT2D eigenvalue weighted by Crippen LogP contribution is -2.30. The molecule has 0 aliphatic carbocycles. The van der Waals surface area contributed by atoms with Gasteiger partial charge in [0.1, 0.15) is 5.75 Å². The zero-order valence-electron chi connectivity index (χ0n) is 13.3. The number of amides is 1. The molecule has 1 N–H and O–H groups in total. The Balaban J connectivity index is 1.92. The summed E-state index contributed by atoms with van der Waals surface area (Å²) >= 11 is 5.94. The van der Waals surface area contributed by atoms with Crippen LogP contribution in [-0.2, 0) is 17.8 Å². The van der Waals surface area contributed by atoms with E-state index < -0.39 is 0 Å². The first kappa shape index (κ1) is 17.2. The number of hydrogen-bond acceptors (Lipinski definition) is 6. The van der Waals surface area contributed by atoms with Gasteiger partial charge in [-0.25, -0.2) is 0 Å². The number of carbonyl (C=O) groups excluding carboxylic acids is 1. The molecular formula is C15H19ClN4O3. The van der Waals surface area contributed by atoms with Crippen LogP contribution in [0.4, 0.5) is 5.69 Å². The maximum atomic E-state index is 12.1. The van der Waals surface area contributed by atoms with Crippen molar-refractivity contribution in [2.75, 3.05) is 26.0 Å². The predicted molar refractivity (Wildman–Crippen MR) is 86.6 cm³/mol. The fourth-order valence-electron chi connectivity index (χ4n) is 1.99. The molecule has 0 bridgehead atoms. The van der Waals surface area contributed by atoms with Crippen LogP contribution < -0.4 is 10.1 Å². The molecule has 1 aromatic carbocycles. The highest BCUT2D eigenvalue weighted by molar-refractivity contribution is 6.31. The molecule has 0 saturated heterocycles. The van der Waals surface area contributed by atoms with Crippen LogP contribution >= 0.6 is 11.6 Å². The number of hydrogen-bond donors (Lipinski definition) is 1. The van der Waals surface area contributed by atoms with E-state index in [0.717, 1.165) is 0 Å². The summed E-state index contributed by atoms with van der Waals surface area (Å²) in [6.45, 7) is 2.50. The van der Waals surface area contributed by atoms with Crippen molar-refractivity contribution in [3.8, 4) is 5.75 Å². The first-order chi connectivity index (χ1) is 11.0. The molecule has 0 atom stereocenters. The smallest absolute Gasteiger partial charge is 0.238 e. The molecule has 1 aromatic heterocycles. The molecule has 7 nitrogen and oxygen atoms in total. The minimum Gasteiger partial charge on any atom is -0.495 e. The van der Waals surface area contributed by atoms with Gasteiger partial charge in [-0.2, -0.15) is 0 Å². The Labute approximate surface area is 139 Å². The van der Waals surface area contributed by atoms with Crippen LogP contribution in [0.25, 0.3) is 0 Å². The van der Waals surface area contributed by atoms with Crippen molar-refractivity contribution in [1.29, 1.82) is 0 Å². The fraction of sp³-hybridized carbons (Fsp3) is 0.400. The normalized spacial score (nSPS) is 10.8. The summed E-state index contributed by atoms with van der Waals surface area (Å²) in [4.78, 5) is 13.9. The maximum Gasteiger partial charge on any atom is 0.238 e. The molecule has 23 heavy (non-hydrogen) atoms. The molecule has 0 spiro atoms. The van der Waals surface area contributed by atoms with Crippen LogP contribution in [-0.4, -0.2) is 41.7 Å².